The number of anilines is 2. The zero-order valence-corrected chi connectivity index (χ0v) is 16.5. The lowest BCUT2D eigenvalue weighted by molar-refractivity contribution is -0.111. The minimum atomic E-state index is -0.267. The first-order chi connectivity index (χ1) is 14.1. The topological polar surface area (TPSA) is 65.2 Å². The van der Waals surface area contributed by atoms with E-state index in [1.54, 1.807) is 12.1 Å². The quantitative estimate of drug-likeness (QED) is 0.652. The molecule has 1 amide bonds. The van der Waals surface area contributed by atoms with E-state index in [0.29, 0.717) is 5.56 Å². The fourth-order valence-corrected chi connectivity index (χ4v) is 3.66. The van der Waals surface area contributed by atoms with Crippen LogP contribution in [-0.4, -0.2) is 24.0 Å². The molecular formula is C24H25N3O2. The van der Waals surface area contributed by atoms with E-state index in [1.165, 1.54) is 24.6 Å². The third-order valence-corrected chi connectivity index (χ3v) is 5.48. The lowest BCUT2D eigenvalue weighted by Crippen LogP contribution is -2.32. The second-order valence-corrected chi connectivity index (χ2v) is 7.68. The van der Waals surface area contributed by atoms with Crippen molar-refractivity contribution in [2.45, 2.75) is 19.8 Å². The number of piperidine rings is 1. The Morgan fingerprint density at radius 1 is 1.10 bits per heavy atom. The molecule has 0 spiro atoms. The molecule has 5 nitrogen and oxygen atoms in total. The average Bonchev–Trinajstić information content (AvgIpc) is 2.73. The van der Waals surface area contributed by atoms with Gasteiger partial charge in [0.15, 0.2) is 0 Å². The lowest BCUT2D eigenvalue weighted by Gasteiger charge is -2.32. The van der Waals surface area contributed by atoms with Gasteiger partial charge in [0.2, 0.25) is 5.91 Å². The van der Waals surface area contributed by atoms with E-state index in [0.717, 1.165) is 35.6 Å². The molecule has 0 atom stereocenters. The molecule has 1 saturated heterocycles. The number of hydrogen-bond donors (Lipinski definition) is 2. The molecule has 4 rings (SSSR count). The van der Waals surface area contributed by atoms with Crippen molar-refractivity contribution in [2.24, 2.45) is 5.92 Å². The summed E-state index contributed by atoms with van der Waals surface area (Å²) < 4.78 is 0. The van der Waals surface area contributed by atoms with Crippen LogP contribution in [-0.2, 0) is 4.79 Å². The van der Waals surface area contributed by atoms with Gasteiger partial charge in [0.1, 0.15) is 0 Å². The molecule has 2 aromatic carbocycles. The fourth-order valence-electron chi connectivity index (χ4n) is 3.66. The number of para-hydroxylation sites is 1. The maximum absolute atomic E-state index is 12.3. The number of benzene rings is 2. The molecule has 0 bridgehead atoms. The van der Waals surface area contributed by atoms with Gasteiger partial charge in [-0.1, -0.05) is 25.1 Å². The summed E-state index contributed by atoms with van der Waals surface area (Å²) in [5, 5.41) is 3.78. The normalized spacial score (nSPS) is 15.1. The van der Waals surface area contributed by atoms with E-state index in [4.69, 9.17) is 0 Å². The number of carbonyl (C=O) groups is 1. The standard InChI is InChI=1S/C24H25N3O2/c1-17-12-14-27(15-13-17)21-9-7-20(8-10-21)25-23(28)11-6-19-16-18-4-2-3-5-22(18)26-24(19)29/h2-11,16-17H,12-15H2,1H3,(H,25,28)(H,26,29)/b11-6+. The Morgan fingerprint density at radius 3 is 2.59 bits per heavy atom. The predicted octanol–water partition coefficient (Wildman–Crippen LogP) is 4.42. The Balaban J connectivity index is 1.40. The minimum absolute atomic E-state index is 0.215. The summed E-state index contributed by atoms with van der Waals surface area (Å²) in [6.07, 6.45) is 5.37. The van der Waals surface area contributed by atoms with Crippen LogP contribution in [0.25, 0.3) is 17.0 Å². The van der Waals surface area contributed by atoms with Crippen LogP contribution in [0.2, 0.25) is 0 Å². The summed E-state index contributed by atoms with van der Waals surface area (Å²) in [7, 11) is 0. The SMILES string of the molecule is CC1CCN(c2ccc(NC(=O)/C=C/c3cc4ccccc4[nH]c3=O)cc2)CC1. The third kappa shape index (κ3) is 4.57. The molecule has 0 radical (unpaired) electrons. The van der Waals surface area contributed by atoms with Crippen LogP contribution in [0.3, 0.4) is 0 Å². The second-order valence-electron chi connectivity index (χ2n) is 7.68. The summed E-state index contributed by atoms with van der Waals surface area (Å²) in [6.45, 7) is 4.46. The van der Waals surface area contributed by atoms with E-state index in [9.17, 15) is 9.59 Å². The molecule has 2 heterocycles. The summed E-state index contributed by atoms with van der Waals surface area (Å²) in [6, 6.07) is 17.3. The van der Waals surface area contributed by atoms with Crippen LogP contribution in [0.15, 0.2) is 65.5 Å². The molecule has 1 aliphatic heterocycles. The summed E-state index contributed by atoms with van der Waals surface area (Å²) >= 11 is 0. The maximum Gasteiger partial charge on any atom is 0.255 e. The smallest absolute Gasteiger partial charge is 0.255 e. The molecule has 148 valence electrons. The van der Waals surface area contributed by atoms with E-state index in [-0.39, 0.29) is 11.5 Å². The van der Waals surface area contributed by atoms with Crippen molar-refractivity contribution in [3.05, 3.63) is 76.6 Å². The molecule has 0 unspecified atom stereocenters. The Bertz CT molecular complexity index is 1090. The Hall–Kier alpha value is -3.34. The van der Waals surface area contributed by atoms with Crippen molar-refractivity contribution in [1.29, 1.82) is 0 Å². The van der Waals surface area contributed by atoms with E-state index in [2.05, 4.69) is 22.1 Å². The van der Waals surface area contributed by atoms with Gasteiger partial charge in [-0.25, -0.2) is 0 Å². The number of nitrogens with zero attached hydrogens (tertiary/aromatic N) is 1. The Labute approximate surface area is 170 Å². The van der Waals surface area contributed by atoms with Gasteiger partial charge in [-0.05, 0) is 66.6 Å². The van der Waals surface area contributed by atoms with Gasteiger partial charge in [0.05, 0.1) is 0 Å². The van der Waals surface area contributed by atoms with Crippen molar-refractivity contribution in [1.82, 2.24) is 4.98 Å². The number of aromatic amines is 1. The summed E-state index contributed by atoms with van der Waals surface area (Å²) in [4.78, 5) is 29.6. The highest BCUT2D eigenvalue weighted by Crippen LogP contribution is 2.24. The van der Waals surface area contributed by atoms with Gasteiger partial charge >= 0.3 is 0 Å². The van der Waals surface area contributed by atoms with E-state index < -0.39 is 0 Å². The van der Waals surface area contributed by atoms with Crippen molar-refractivity contribution in [3.63, 3.8) is 0 Å². The zero-order chi connectivity index (χ0) is 20.2. The van der Waals surface area contributed by atoms with Crippen molar-refractivity contribution >= 4 is 34.3 Å². The molecule has 5 heteroatoms. The molecular weight excluding hydrogens is 362 g/mol. The van der Waals surface area contributed by atoms with Crippen molar-refractivity contribution in [2.75, 3.05) is 23.3 Å². The van der Waals surface area contributed by atoms with Gasteiger partial charge in [-0.3, -0.25) is 9.59 Å². The molecule has 0 aliphatic carbocycles. The van der Waals surface area contributed by atoms with Crippen LogP contribution in [0.1, 0.15) is 25.3 Å². The Morgan fingerprint density at radius 2 is 1.83 bits per heavy atom. The predicted molar refractivity (Wildman–Crippen MR) is 119 cm³/mol. The van der Waals surface area contributed by atoms with Crippen LogP contribution in [0, 0.1) is 5.92 Å². The van der Waals surface area contributed by atoms with Gasteiger partial charge in [-0.2, -0.15) is 0 Å². The highest BCUT2D eigenvalue weighted by atomic mass is 16.1. The van der Waals surface area contributed by atoms with E-state index in [1.807, 2.05) is 48.5 Å². The Kier molecular flexibility index (Phi) is 5.47. The summed E-state index contributed by atoms with van der Waals surface area (Å²) in [5.74, 6) is 0.531. The number of nitrogens with one attached hydrogen (secondary N) is 2. The fraction of sp³-hybridized carbons (Fsp3) is 0.250. The number of rotatable bonds is 4. The number of carbonyl (C=O) groups excluding carboxylic acids is 1. The minimum Gasteiger partial charge on any atom is -0.372 e. The summed E-state index contributed by atoms with van der Waals surface area (Å²) in [5.41, 5.74) is 2.94. The van der Waals surface area contributed by atoms with Gasteiger partial charge in [-0.15, -0.1) is 0 Å². The molecule has 29 heavy (non-hydrogen) atoms. The van der Waals surface area contributed by atoms with Crippen LogP contribution in [0.5, 0.6) is 0 Å². The first kappa shape index (κ1) is 19.0. The van der Waals surface area contributed by atoms with Gasteiger partial charge in [0, 0.05) is 41.6 Å². The van der Waals surface area contributed by atoms with Crippen LogP contribution < -0.4 is 15.8 Å². The first-order valence-electron chi connectivity index (χ1n) is 10.0. The number of amides is 1. The number of hydrogen-bond acceptors (Lipinski definition) is 3. The largest absolute Gasteiger partial charge is 0.372 e. The number of pyridine rings is 1. The molecule has 2 N–H and O–H groups in total. The highest BCUT2D eigenvalue weighted by molar-refractivity contribution is 6.02. The van der Waals surface area contributed by atoms with Gasteiger partial charge in [0.25, 0.3) is 5.56 Å². The molecule has 0 saturated carbocycles. The monoisotopic (exact) mass is 387 g/mol. The van der Waals surface area contributed by atoms with Gasteiger partial charge < -0.3 is 15.2 Å². The molecule has 3 aromatic rings. The lowest BCUT2D eigenvalue weighted by atomic mass is 9.99. The number of fused-ring (bicyclic) bond motifs is 1. The maximum atomic E-state index is 12.3. The zero-order valence-electron chi connectivity index (χ0n) is 16.5. The second kappa shape index (κ2) is 8.35. The highest BCUT2D eigenvalue weighted by Gasteiger charge is 2.15. The number of H-pyrrole nitrogens is 1. The van der Waals surface area contributed by atoms with Crippen LogP contribution >= 0.6 is 0 Å². The van der Waals surface area contributed by atoms with Crippen molar-refractivity contribution < 1.29 is 4.79 Å². The van der Waals surface area contributed by atoms with Crippen molar-refractivity contribution in [3.8, 4) is 0 Å². The molecule has 1 aliphatic rings. The van der Waals surface area contributed by atoms with Crippen LogP contribution in [0.4, 0.5) is 11.4 Å². The third-order valence-electron chi connectivity index (χ3n) is 5.48. The average molecular weight is 387 g/mol. The first-order valence-corrected chi connectivity index (χ1v) is 10.0. The molecule has 1 fully saturated rings. The van der Waals surface area contributed by atoms with E-state index >= 15 is 0 Å². The number of aromatic nitrogens is 1. The molecule has 1 aromatic heterocycles.